The molecule has 3 aromatic rings. The van der Waals surface area contributed by atoms with Gasteiger partial charge in [0.1, 0.15) is 5.75 Å². The van der Waals surface area contributed by atoms with E-state index < -0.39 is 0 Å². The smallest absolute Gasteiger partial charge is 0.274 e. The summed E-state index contributed by atoms with van der Waals surface area (Å²) >= 11 is 0. The molecule has 1 aromatic heterocycles. The molecule has 0 spiro atoms. The number of carbonyl (C=O) groups is 1. The first-order valence-electron chi connectivity index (χ1n) is 8.96. The zero-order valence-corrected chi connectivity index (χ0v) is 15.7. The van der Waals surface area contributed by atoms with Crippen molar-refractivity contribution < 1.29 is 9.53 Å². The van der Waals surface area contributed by atoms with Gasteiger partial charge in [0.05, 0.1) is 30.1 Å². The lowest BCUT2D eigenvalue weighted by Gasteiger charge is -2.15. The topological polar surface area (TPSA) is 73.2 Å². The van der Waals surface area contributed by atoms with Gasteiger partial charge >= 0.3 is 0 Å². The second-order valence-electron chi connectivity index (χ2n) is 6.39. The number of hydrogen-bond donors (Lipinski definition) is 1. The summed E-state index contributed by atoms with van der Waals surface area (Å²) in [5.74, 6) is 0.660. The molecule has 0 aliphatic heterocycles. The van der Waals surface area contributed by atoms with Gasteiger partial charge in [-0.05, 0) is 37.6 Å². The number of amides is 1. The number of hydrogen-bond acceptors (Lipinski definition) is 4. The van der Waals surface area contributed by atoms with Crippen LogP contribution >= 0.6 is 0 Å². The highest BCUT2D eigenvalue weighted by atomic mass is 16.5. The van der Waals surface area contributed by atoms with Crippen LogP contribution in [0.1, 0.15) is 31.1 Å². The fourth-order valence-corrected chi connectivity index (χ4v) is 3.05. The van der Waals surface area contributed by atoms with Crippen molar-refractivity contribution in [3.05, 3.63) is 70.1 Å². The van der Waals surface area contributed by atoms with Crippen LogP contribution in [0.5, 0.6) is 5.75 Å². The number of aryl methyl sites for hydroxylation is 1. The molecule has 0 bridgehead atoms. The summed E-state index contributed by atoms with van der Waals surface area (Å²) in [5.41, 5.74) is 1.41. The van der Waals surface area contributed by atoms with E-state index in [0.717, 1.165) is 11.3 Å². The van der Waals surface area contributed by atoms with Gasteiger partial charge in [-0.1, -0.05) is 30.3 Å². The lowest BCUT2D eigenvalue weighted by Crippen LogP contribution is -2.30. The average Bonchev–Trinajstić information content (AvgIpc) is 2.66. The molecule has 0 aliphatic carbocycles. The zero-order valence-electron chi connectivity index (χ0n) is 15.7. The average molecular weight is 365 g/mol. The molecule has 1 amide bonds. The van der Waals surface area contributed by atoms with Gasteiger partial charge in [-0.3, -0.25) is 9.59 Å². The van der Waals surface area contributed by atoms with E-state index in [0.29, 0.717) is 23.1 Å². The molecule has 27 heavy (non-hydrogen) atoms. The van der Waals surface area contributed by atoms with Gasteiger partial charge in [0.25, 0.3) is 5.56 Å². The Balaban J connectivity index is 1.75. The molecule has 1 N–H and O–H groups in total. The van der Waals surface area contributed by atoms with E-state index in [2.05, 4.69) is 10.4 Å². The maximum Gasteiger partial charge on any atom is 0.274 e. The summed E-state index contributed by atoms with van der Waals surface area (Å²) in [6.45, 7) is 4.49. The van der Waals surface area contributed by atoms with Gasteiger partial charge in [0.2, 0.25) is 5.91 Å². The summed E-state index contributed by atoms with van der Waals surface area (Å²) in [5, 5.41) is 8.55. The van der Waals surface area contributed by atoms with Crippen LogP contribution in [-0.4, -0.2) is 22.3 Å². The molecule has 0 saturated carbocycles. The SMILES string of the molecule is CCOc1ccc([C@@H](C)NC(=O)Cc2nn(C)c(=O)c3ccccc23)cc1. The molecular formula is C21H23N3O3. The number of nitrogens with zero attached hydrogens (tertiary/aromatic N) is 2. The molecule has 2 aromatic carbocycles. The molecule has 0 fully saturated rings. The number of ether oxygens (including phenoxy) is 1. The second-order valence-corrected chi connectivity index (χ2v) is 6.39. The zero-order chi connectivity index (χ0) is 19.4. The Bertz CT molecular complexity index is 1010. The standard InChI is InChI=1S/C21H23N3O3/c1-4-27-16-11-9-15(10-12-16)14(2)22-20(25)13-19-17-7-5-6-8-18(17)21(26)24(3)23-19/h5-12,14H,4,13H2,1-3H3,(H,22,25)/t14-/m1/s1. The Kier molecular flexibility index (Phi) is 5.54. The largest absolute Gasteiger partial charge is 0.494 e. The van der Waals surface area contributed by atoms with E-state index in [1.54, 1.807) is 13.1 Å². The van der Waals surface area contributed by atoms with Crippen molar-refractivity contribution in [2.45, 2.75) is 26.3 Å². The monoisotopic (exact) mass is 365 g/mol. The molecule has 140 valence electrons. The quantitative estimate of drug-likeness (QED) is 0.729. The summed E-state index contributed by atoms with van der Waals surface area (Å²) in [7, 11) is 1.60. The highest BCUT2D eigenvalue weighted by Crippen LogP contribution is 2.18. The third kappa shape index (κ3) is 4.16. The van der Waals surface area contributed by atoms with Crippen molar-refractivity contribution in [1.29, 1.82) is 0 Å². The normalized spacial score (nSPS) is 12.0. The minimum atomic E-state index is -0.169. The highest BCUT2D eigenvalue weighted by molar-refractivity contribution is 5.88. The van der Waals surface area contributed by atoms with Crippen molar-refractivity contribution in [1.82, 2.24) is 15.1 Å². The number of nitrogens with one attached hydrogen (secondary N) is 1. The first-order chi connectivity index (χ1) is 13.0. The molecule has 6 nitrogen and oxygen atoms in total. The van der Waals surface area contributed by atoms with Crippen molar-refractivity contribution in [3.63, 3.8) is 0 Å². The van der Waals surface area contributed by atoms with E-state index in [4.69, 9.17) is 4.74 Å². The second kappa shape index (κ2) is 8.03. The summed E-state index contributed by atoms with van der Waals surface area (Å²) in [6, 6.07) is 14.7. The van der Waals surface area contributed by atoms with E-state index in [9.17, 15) is 9.59 Å². The predicted octanol–water partition coefficient (Wildman–Crippen LogP) is 2.75. The summed E-state index contributed by atoms with van der Waals surface area (Å²) < 4.78 is 6.72. The first kappa shape index (κ1) is 18.6. The Morgan fingerprint density at radius 2 is 1.81 bits per heavy atom. The Morgan fingerprint density at radius 1 is 1.15 bits per heavy atom. The van der Waals surface area contributed by atoms with Gasteiger partial charge in [-0.2, -0.15) is 5.10 Å². The van der Waals surface area contributed by atoms with Crippen molar-refractivity contribution >= 4 is 16.7 Å². The molecular weight excluding hydrogens is 342 g/mol. The van der Waals surface area contributed by atoms with Crippen LogP contribution in [0.25, 0.3) is 10.8 Å². The Morgan fingerprint density at radius 3 is 2.48 bits per heavy atom. The minimum Gasteiger partial charge on any atom is -0.494 e. The third-order valence-corrected chi connectivity index (χ3v) is 4.43. The van der Waals surface area contributed by atoms with Crippen LogP contribution in [0.4, 0.5) is 0 Å². The summed E-state index contributed by atoms with van der Waals surface area (Å²) in [6.07, 6.45) is 0.107. The molecule has 1 heterocycles. The van der Waals surface area contributed by atoms with Crippen molar-refractivity contribution in [2.75, 3.05) is 6.61 Å². The van der Waals surface area contributed by atoms with Gasteiger partial charge < -0.3 is 10.1 Å². The van der Waals surface area contributed by atoms with E-state index >= 15 is 0 Å². The van der Waals surface area contributed by atoms with Crippen molar-refractivity contribution in [2.24, 2.45) is 7.05 Å². The van der Waals surface area contributed by atoms with Crippen LogP contribution in [0.2, 0.25) is 0 Å². The highest BCUT2D eigenvalue weighted by Gasteiger charge is 2.15. The molecule has 6 heteroatoms. The maximum absolute atomic E-state index is 12.5. The first-order valence-corrected chi connectivity index (χ1v) is 8.96. The van der Waals surface area contributed by atoms with Crippen LogP contribution in [-0.2, 0) is 18.3 Å². The minimum absolute atomic E-state index is 0.107. The summed E-state index contributed by atoms with van der Waals surface area (Å²) in [4.78, 5) is 24.7. The predicted molar refractivity (Wildman–Crippen MR) is 105 cm³/mol. The number of aromatic nitrogens is 2. The van der Waals surface area contributed by atoms with Gasteiger partial charge in [0.15, 0.2) is 0 Å². The molecule has 0 aliphatic rings. The van der Waals surface area contributed by atoms with Crippen LogP contribution in [0.15, 0.2) is 53.3 Å². The van der Waals surface area contributed by atoms with Crippen LogP contribution < -0.4 is 15.6 Å². The number of benzene rings is 2. The fourth-order valence-electron chi connectivity index (χ4n) is 3.05. The fraction of sp³-hybridized carbons (Fsp3) is 0.286. The van der Waals surface area contributed by atoms with Gasteiger partial charge in [0, 0.05) is 12.4 Å². The maximum atomic E-state index is 12.5. The van der Waals surface area contributed by atoms with Gasteiger partial charge in [-0.25, -0.2) is 4.68 Å². The molecule has 0 radical (unpaired) electrons. The molecule has 3 rings (SSSR count). The Hall–Kier alpha value is -3.15. The number of carbonyl (C=O) groups excluding carboxylic acids is 1. The number of fused-ring (bicyclic) bond motifs is 1. The van der Waals surface area contributed by atoms with E-state index in [-0.39, 0.29) is 23.9 Å². The van der Waals surface area contributed by atoms with Crippen LogP contribution in [0, 0.1) is 0 Å². The molecule has 0 unspecified atom stereocenters. The molecule has 1 atom stereocenters. The van der Waals surface area contributed by atoms with E-state index in [1.807, 2.05) is 56.3 Å². The molecule has 0 saturated heterocycles. The number of rotatable bonds is 6. The van der Waals surface area contributed by atoms with Gasteiger partial charge in [-0.15, -0.1) is 0 Å². The van der Waals surface area contributed by atoms with Crippen molar-refractivity contribution in [3.8, 4) is 5.75 Å². The van der Waals surface area contributed by atoms with Crippen LogP contribution in [0.3, 0.4) is 0 Å². The lowest BCUT2D eigenvalue weighted by molar-refractivity contribution is -0.121. The lowest BCUT2D eigenvalue weighted by atomic mass is 10.1. The Labute approximate surface area is 157 Å². The third-order valence-electron chi connectivity index (χ3n) is 4.43. The van der Waals surface area contributed by atoms with E-state index in [1.165, 1.54) is 4.68 Å².